The molecule has 256 valence electrons. The van der Waals surface area contributed by atoms with Crippen molar-refractivity contribution in [1.29, 1.82) is 0 Å². The van der Waals surface area contributed by atoms with E-state index in [0.29, 0.717) is 25.0 Å². The van der Waals surface area contributed by atoms with Gasteiger partial charge in [0.1, 0.15) is 18.2 Å². The molecular weight excluding hydrogens is 580 g/mol. The number of hydrogen-bond donors (Lipinski definition) is 1. The lowest BCUT2D eigenvalue weighted by Crippen LogP contribution is -2.58. The molecule has 9 nitrogen and oxygen atoms in total. The number of likely N-dealkylation sites (tertiary alicyclic amines) is 2. The predicted molar refractivity (Wildman–Crippen MR) is 182 cm³/mol. The minimum Gasteiger partial charge on any atom is -0.456 e. The molecular formula is C37H58N4O5. The standard InChI is InChI=1S/C37H58N4O5/c1-10-32(28-17-12-11-13-18-28)46-37(45)30-20-16-22-41(30)35(43)27(8)23-31(24(2)3)39(9)36(44)33(25(4)5)38-34(42)29-19-14-15-21-40(29)26(6)7/h11-13,17-18,23-26,29-33H,10,14-16,19-22H2,1-9H3,(H,38,42)/t29-,30+,31?,32+,33+/m1/s1. The highest BCUT2D eigenvalue weighted by Gasteiger charge is 2.38. The van der Waals surface area contributed by atoms with E-state index in [2.05, 4.69) is 24.1 Å². The first-order valence-electron chi connectivity index (χ1n) is 17.4. The number of amides is 3. The van der Waals surface area contributed by atoms with Crippen LogP contribution in [-0.2, 0) is 23.9 Å². The molecule has 2 aliphatic heterocycles. The van der Waals surface area contributed by atoms with Crippen LogP contribution >= 0.6 is 0 Å². The molecule has 9 heteroatoms. The minimum absolute atomic E-state index is 0.00511. The van der Waals surface area contributed by atoms with E-state index >= 15 is 0 Å². The van der Waals surface area contributed by atoms with Crippen LogP contribution < -0.4 is 5.32 Å². The van der Waals surface area contributed by atoms with Crippen LogP contribution in [0.25, 0.3) is 0 Å². The molecule has 46 heavy (non-hydrogen) atoms. The largest absolute Gasteiger partial charge is 0.456 e. The molecule has 1 N–H and O–H groups in total. The van der Waals surface area contributed by atoms with Crippen LogP contribution in [0.3, 0.4) is 0 Å². The first-order chi connectivity index (χ1) is 21.8. The SMILES string of the molecule is CC[C@H](OC(=O)[C@@H]1CCCN1C(=O)C(C)=CC(C(C)C)N(C)C(=O)[C@@H](NC(=O)[C@H]1CCCCN1C(C)C)C(C)C)c1ccccc1. The lowest BCUT2D eigenvalue weighted by atomic mass is 9.95. The van der Waals surface area contributed by atoms with Crippen molar-refractivity contribution in [2.45, 2.75) is 130 Å². The number of rotatable bonds is 13. The third-order valence-electron chi connectivity index (χ3n) is 9.56. The molecule has 2 heterocycles. The number of nitrogens with zero attached hydrogens (tertiary/aromatic N) is 3. The summed E-state index contributed by atoms with van der Waals surface area (Å²) in [4.78, 5) is 60.1. The van der Waals surface area contributed by atoms with Crippen molar-refractivity contribution >= 4 is 23.7 Å². The van der Waals surface area contributed by atoms with Crippen molar-refractivity contribution in [3.05, 3.63) is 47.5 Å². The van der Waals surface area contributed by atoms with E-state index < -0.39 is 12.1 Å². The average molecular weight is 639 g/mol. The molecule has 0 bridgehead atoms. The van der Waals surface area contributed by atoms with Gasteiger partial charge in [-0.3, -0.25) is 19.3 Å². The summed E-state index contributed by atoms with van der Waals surface area (Å²) in [7, 11) is 1.74. The molecule has 2 saturated heterocycles. The number of benzene rings is 1. The van der Waals surface area contributed by atoms with Gasteiger partial charge < -0.3 is 19.9 Å². The molecule has 0 spiro atoms. The summed E-state index contributed by atoms with van der Waals surface area (Å²) in [5, 5.41) is 3.10. The zero-order valence-electron chi connectivity index (χ0n) is 29.6. The second kappa shape index (κ2) is 17.1. The monoisotopic (exact) mass is 638 g/mol. The average Bonchev–Trinajstić information content (AvgIpc) is 3.54. The van der Waals surface area contributed by atoms with Gasteiger partial charge in [0, 0.05) is 25.2 Å². The van der Waals surface area contributed by atoms with Gasteiger partial charge in [-0.2, -0.15) is 0 Å². The van der Waals surface area contributed by atoms with Crippen LogP contribution in [0.2, 0.25) is 0 Å². The maximum Gasteiger partial charge on any atom is 0.329 e. The predicted octanol–water partition coefficient (Wildman–Crippen LogP) is 5.50. The van der Waals surface area contributed by atoms with E-state index in [9.17, 15) is 19.2 Å². The Morgan fingerprint density at radius 2 is 1.59 bits per heavy atom. The Hall–Kier alpha value is -3.20. The van der Waals surface area contributed by atoms with E-state index in [1.54, 1.807) is 23.8 Å². The van der Waals surface area contributed by atoms with Gasteiger partial charge in [-0.05, 0) is 76.8 Å². The molecule has 1 unspecified atom stereocenters. The van der Waals surface area contributed by atoms with Crippen molar-refractivity contribution in [2.75, 3.05) is 20.1 Å². The van der Waals surface area contributed by atoms with Crippen LogP contribution in [0.4, 0.5) is 0 Å². The maximum atomic E-state index is 14.0. The quantitative estimate of drug-likeness (QED) is 0.226. The first-order valence-corrected chi connectivity index (χ1v) is 17.4. The normalized spacial score (nSPS) is 21.3. The zero-order chi connectivity index (χ0) is 34.1. The van der Waals surface area contributed by atoms with Crippen molar-refractivity contribution in [3.8, 4) is 0 Å². The summed E-state index contributed by atoms with van der Waals surface area (Å²) in [5.41, 5.74) is 1.41. The zero-order valence-corrected chi connectivity index (χ0v) is 29.6. The van der Waals surface area contributed by atoms with E-state index in [1.165, 1.54) is 0 Å². The summed E-state index contributed by atoms with van der Waals surface area (Å²) in [6.45, 7) is 17.2. The van der Waals surface area contributed by atoms with Gasteiger partial charge in [-0.25, -0.2) is 4.79 Å². The molecule has 1 aromatic carbocycles. The molecule has 0 aromatic heterocycles. The van der Waals surface area contributed by atoms with Crippen LogP contribution in [0.15, 0.2) is 42.0 Å². The summed E-state index contributed by atoms with van der Waals surface area (Å²) in [6, 6.07) is 7.96. The van der Waals surface area contributed by atoms with Crippen LogP contribution in [0.1, 0.15) is 106 Å². The minimum atomic E-state index is -0.687. The van der Waals surface area contributed by atoms with Crippen LogP contribution in [0, 0.1) is 11.8 Å². The number of carbonyl (C=O) groups is 4. The molecule has 0 aliphatic carbocycles. The van der Waals surface area contributed by atoms with Gasteiger partial charge in [0.25, 0.3) is 0 Å². The van der Waals surface area contributed by atoms with Gasteiger partial charge in [0.15, 0.2) is 0 Å². The molecule has 3 amide bonds. The Labute approximate surface area is 277 Å². The van der Waals surface area contributed by atoms with Crippen molar-refractivity contribution in [3.63, 3.8) is 0 Å². The molecule has 2 fully saturated rings. The number of piperidine rings is 1. The highest BCUT2D eigenvalue weighted by Crippen LogP contribution is 2.27. The number of esters is 1. The van der Waals surface area contributed by atoms with E-state index in [4.69, 9.17) is 4.74 Å². The smallest absolute Gasteiger partial charge is 0.329 e. The van der Waals surface area contributed by atoms with Crippen LogP contribution in [0.5, 0.6) is 0 Å². The third-order valence-corrected chi connectivity index (χ3v) is 9.56. The van der Waals surface area contributed by atoms with Gasteiger partial charge in [0.05, 0.1) is 12.1 Å². The van der Waals surface area contributed by atoms with Crippen molar-refractivity contribution in [2.24, 2.45) is 11.8 Å². The fourth-order valence-corrected chi connectivity index (χ4v) is 6.82. The van der Waals surface area contributed by atoms with Crippen molar-refractivity contribution in [1.82, 2.24) is 20.0 Å². The Balaban J connectivity index is 1.74. The Morgan fingerprint density at radius 3 is 2.17 bits per heavy atom. The molecule has 3 rings (SSSR count). The van der Waals surface area contributed by atoms with E-state index in [1.807, 2.05) is 71.0 Å². The van der Waals surface area contributed by atoms with Crippen LogP contribution in [-0.4, -0.2) is 88.7 Å². The molecule has 0 radical (unpaired) electrons. The third kappa shape index (κ3) is 9.20. The summed E-state index contributed by atoms with van der Waals surface area (Å²) in [5.74, 6) is -0.995. The molecule has 1 aromatic rings. The second-order valence-corrected chi connectivity index (χ2v) is 14.0. The number of likely N-dealkylation sites (N-methyl/N-ethyl adjacent to an activating group) is 1. The molecule has 2 aliphatic rings. The number of carbonyl (C=O) groups excluding carboxylic acids is 4. The lowest BCUT2D eigenvalue weighted by Gasteiger charge is -2.39. The van der Waals surface area contributed by atoms with Gasteiger partial charge in [-0.15, -0.1) is 0 Å². The highest BCUT2D eigenvalue weighted by atomic mass is 16.5. The summed E-state index contributed by atoms with van der Waals surface area (Å²) >= 11 is 0. The van der Waals surface area contributed by atoms with Gasteiger partial charge in [-0.1, -0.05) is 77.4 Å². The van der Waals surface area contributed by atoms with Gasteiger partial charge >= 0.3 is 5.97 Å². The first kappa shape index (κ1) is 37.3. The Morgan fingerprint density at radius 1 is 0.935 bits per heavy atom. The van der Waals surface area contributed by atoms with Gasteiger partial charge in [0.2, 0.25) is 17.7 Å². The van der Waals surface area contributed by atoms with E-state index in [-0.39, 0.29) is 59.8 Å². The molecule has 5 atom stereocenters. The summed E-state index contributed by atoms with van der Waals surface area (Å²) in [6.07, 6.45) is 6.24. The maximum absolute atomic E-state index is 14.0. The second-order valence-electron chi connectivity index (χ2n) is 14.0. The number of ether oxygens (including phenoxy) is 1. The highest BCUT2D eigenvalue weighted by molar-refractivity contribution is 5.96. The number of hydrogen-bond acceptors (Lipinski definition) is 6. The lowest BCUT2D eigenvalue weighted by molar-refractivity contribution is -0.157. The number of nitrogens with one attached hydrogen (secondary N) is 1. The van der Waals surface area contributed by atoms with E-state index in [0.717, 1.165) is 37.8 Å². The Bertz CT molecular complexity index is 1210. The fraction of sp³-hybridized carbons (Fsp3) is 0.676. The molecule has 0 saturated carbocycles. The van der Waals surface area contributed by atoms with Crippen molar-refractivity contribution < 1.29 is 23.9 Å². The fourth-order valence-electron chi connectivity index (χ4n) is 6.82. The topological polar surface area (TPSA) is 99.3 Å². The Kier molecular flexibility index (Phi) is 13.8. The summed E-state index contributed by atoms with van der Waals surface area (Å²) < 4.78 is 5.92.